The number of anilines is 2. The molecule has 2 aliphatic rings. The first kappa shape index (κ1) is 19.8. The van der Waals surface area contributed by atoms with Gasteiger partial charge in [0.1, 0.15) is 0 Å². The van der Waals surface area contributed by atoms with E-state index in [0.717, 1.165) is 28.3 Å². The number of amides is 1. The van der Waals surface area contributed by atoms with Gasteiger partial charge in [0.15, 0.2) is 5.50 Å². The predicted molar refractivity (Wildman–Crippen MR) is 121 cm³/mol. The first-order valence-corrected chi connectivity index (χ1v) is 14.5. The van der Waals surface area contributed by atoms with Crippen LogP contribution in [0.3, 0.4) is 0 Å². The van der Waals surface area contributed by atoms with Gasteiger partial charge in [0.25, 0.3) is 0 Å². The Morgan fingerprint density at radius 2 is 2.00 bits per heavy atom. The summed E-state index contributed by atoms with van der Waals surface area (Å²) in [6.45, 7) is 7.41. The van der Waals surface area contributed by atoms with E-state index in [9.17, 15) is 4.79 Å². The fraction of sp³-hybridized carbons (Fsp3) is 0.381. The largest absolute Gasteiger partial charge is 0.326 e. The SMILES string of the molecule is C[Si](C)(C)C1CC1C(=O)NC1Sc2ccccc2N1c1c(Cl)cccc1CN. The summed E-state index contributed by atoms with van der Waals surface area (Å²) in [6.07, 6.45) is 1.02. The van der Waals surface area contributed by atoms with Crippen molar-refractivity contribution in [3.63, 3.8) is 0 Å². The van der Waals surface area contributed by atoms with Gasteiger partial charge in [-0.2, -0.15) is 0 Å². The summed E-state index contributed by atoms with van der Waals surface area (Å²) in [4.78, 5) is 16.3. The van der Waals surface area contributed by atoms with Crippen molar-refractivity contribution in [2.24, 2.45) is 11.7 Å². The lowest BCUT2D eigenvalue weighted by Gasteiger charge is -2.30. The van der Waals surface area contributed by atoms with E-state index in [1.807, 2.05) is 30.3 Å². The molecule has 2 aromatic carbocycles. The molecule has 1 fully saturated rings. The molecule has 3 unspecified atom stereocenters. The third-order valence-electron chi connectivity index (χ3n) is 5.63. The molecular formula is C21H26ClN3OSSi. The molecule has 7 heteroatoms. The van der Waals surface area contributed by atoms with Gasteiger partial charge in [-0.1, -0.05) is 67.3 Å². The second-order valence-electron chi connectivity index (χ2n) is 8.58. The van der Waals surface area contributed by atoms with Crippen molar-refractivity contribution in [3.05, 3.63) is 53.1 Å². The Hall–Kier alpha value is -1.47. The van der Waals surface area contributed by atoms with Gasteiger partial charge in [0.2, 0.25) is 5.91 Å². The van der Waals surface area contributed by atoms with E-state index in [1.54, 1.807) is 11.8 Å². The molecule has 148 valence electrons. The smallest absolute Gasteiger partial charge is 0.225 e. The van der Waals surface area contributed by atoms with Crippen LogP contribution in [-0.4, -0.2) is 19.5 Å². The van der Waals surface area contributed by atoms with Gasteiger partial charge in [-0.25, -0.2) is 0 Å². The number of benzene rings is 2. The molecule has 1 aliphatic carbocycles. The monoisotopic (exact) mass is 431 g/mol. The second kappa shape index (κ2) is 7.41. The highest BCUT2D eigenvalue weighted by Crippen LogP contribution is 2.53. The maximum absolute atomic E-state index is 13.0. The summed E-state index contributed by atoms with van der Waals surface area (Å²) in [7, 11) is -1.29. The summed E-state index contributed by atoms with van der Waals surface area (Å²) in [5, 5.41) is 3.93. The van der Waals surface area contributed by atoms with Gasteiger partial charge in [0.05, 0.1) is 16.4 Å². The summed E-state index contributed by atoms with van der Waals surface area (Å²) >= 11 is 8.26. The van der Waals surface area contributed by atoms with Crippen LogP contribution in [0, 0.1) is 5.92 Å². The Morgan fingerprint density at radius 1 is 1.25 bits per heavy atom. The number of hydrogen-bond acceptors (Lipinski definition) is 4. The maximum atomic E-state index is 13.0. The Morgan fingerprint density at radius 3 is 2.68 bits per heavy atom. The van der Waals surface area contributed by atoms with Gasteiger partial charge in [-0.15, -0.1) is 0 Å². The highest BCUT2D eigenvalue weighted by atomic mass is 35.5. The van der Waals surface area contributed by atoms with Crippen LogP contribution >= 0.6 is 23.4 Å². The summed E-state index contributed by atoms with van der Waals surface area (Å²) in [5.41, 5.74) is 9.26. The van der Waals surface area contributed by atoms with Gasteiger partial charge in [-0.05, 0) is 35.7 Å². The van der Waals surface area contributed by atoms with Crippen LogP contribution in [0.15, 0.2) is 47.4 Å². The minimum absolute atomic E-state index is 0.151. The number of halogens is 1. The van der Waals surface area contributed by atoms with Crippen LogP contribution in [0.5, 0.6) is 0 Å². The molecule has 0 saturated heterocycles. The molecule has 2 aromatic rings. The van der Waals surface area contributed by atoms with Crippen LogP contribution in [0.4, 0.5) is 11.4 Å². The van der Waals surface area contributed by atoms with Crippen molar-refractivity contribution in [2.75, 3.05) is 4.90 Å². The average molecular weight is 432 g/mol. The summed E-state index contributed by atoms with van der Waals surface area (Å²) in [6, 6.07) is 14.0. The Balaban J connectivity index is 1.66. The number of nitrogens with zero attached hydrogens (tertiary/aromatic N) is 1. The maximum Gasteiger partial charge on any atom is 0.225 e. The second-order valence-corrected chi connectivity index (χ2v) is 15.6. The van der Waals surface area contributed by atoms with Crippen LogP contribution in [0.2, 0.25) is 30.2 Å². The molecule has 0 spiro atoms. The van der Waals surface area contributed by atoms with E-state index in [4.69, 9.17) is 17.3 Å². The number of carbonyl (C=O) groups is 1. The number of fused-ring (bicyclic) bond motifs is 1. The first-order valence-electron chi connectivity index (χ1n) is 9.64. The molecule has 1 aliphatic heterocycles. The predicted octanol–water partition coefficient (Wildman–Crippen LogP) is 5.17. The van der Waals surface area contributed by atoms with E-state index in [1.165, 1.54) is 0 Å². The number of nitrogens with two attached hydrogens (primary N) is 1. The normalized spacial score (nSPS) is 23.5. The Labute approximate surface area is 176 Å². The number of nitrogens with one attached hydrogen (secondary N) is 1. The quantitative estimate of drug-likeness (QED) is 0.641. The molecule has 28 heavy (non-hydrogen) atoms. The lowest BCUT2D eigenvalue weighted by molar-refractivity contribution is -0.122. The lowest BCUT2D eigenvalue weighted by Crippen LogP contribution is -2.43. The van der Waals surface area contributed by atoms with Crippen molar-refractivity contribution in [1.82, 2.24) is 5.32 Å². The minimum Gasteiger partial charge on any atom is -0.326 e. The Bertz CT molecular complexity index is 917. The van der Waals surface area contributed by atoms with Gasteiger partial charge >= 0.3 is 0 Å². The van der Waals surface area contributed by atoms with E-state index in [-0.39, 0.29) is 17.3 Å². The van der Waals surface area contributed by atoms with Gasteiger partial charge in [0, 0.05) is 25.4 Å². The summed E-state index contributed by atoms with van der Waals surface area (Å²) in [5.74, 6) is 0.308. The average Bonchev–Trinajstić information content (AvgIpc) is 3.39. The molecule has 4 nitrogen and oxygen atoms in total. The molecule has 3 atom stereocenters. The number of para-hydroxylation sites is 2. The van der Waals surface area contributed by atoms with E-state index < -0.39 is 8.07 Å². The van der Waals surface area contributed by atoms with Crippen molar-refractivity contribution in [1.29, 1.82) is 0 Å². The molecule has 0 aromatic heterocycles. The zero-order valence-corrected chi connectivity index (χ0v) is 19.0. The first-order chi connectivity index (χ1) is 13.3. The van der Waals surface area contributed by atoms with Gasteiger partial charge < -0.3 is 16.0 Å². The highest BCUT2D eigenvalue weighted by molar-refractivity contribution is 8.00. The topological polar surface area (TPSA) is 58.4 Å². The minimum atomic E-state index is -1.29. The molecule has 0 bridgehead atoms. The fourth-order valence-corrected chi connectivity index (χ4v) is 7.84. The zero-order chi connectivity index (χ0) is 20.1. The molecule has 1 amide bonds. The molecule has 0 radical (unpaired) electrons. The van der Waals surface area contributed by atoms with Crippen LogP contribution in [-0.2, 0) is 11.3 Å². The zero-order valence-electron chi connectivity index (χ0n) is 16.4. The van der Waals surface area contributed by atoms with Crippen LogP contribution < -0.4 is 16.0 Å². The number of thioether (sulfide) groups is 1. The highest BCUT2D eigenvalue weighted by Gasteiger charge is 2.51. The van der Waals surface area contributed by atoms with E-state index in [0.29, 0.717) is 17.1 Å². The Kier molecular flexibility index (Phi) is 5.25. The number of rotatable bonds is 5. The molecular weight excluding hydrogens is 406 g/mol. The van der Waals surface area contributed by atoms with Crippen molar-refractivity contribution >= 4 is 48.7 Å². The summed E-state index contributed by atoms with van der Waals surface area (Å²) < 4.78 is 0. The molecule has 3 N–H and O–H groups in total. The van der Waals surface area contributed by atoms with E-state index in [2.05, 4.69) is 42.0 Å². The van der Waals surface area contributed by atoms with Crippen molar-refractivity contribution in [3.8, 4) is 0 Å². The molecule has 1 heterocycles. The van der Waals surface area contributed by atoms with Crippen molar-refractivity contribution in [2.45, 2.75) is 48.5 Å². The van der Waals surface area contributed by atoms with Crippen LogP contribution in [0.25, 0.3) is 0 Å². The standard InChI is InChI=1S/C21H26ClN3OSSi/c1-28(2,3)18-11-14(18)20(26)24-21-25(16-9-4-5-10-17(16)27-21)19-13(12-23)7-6-8-15(19)22/h4-10,14,18,21H,11-12,23H2,1-3H3,(H,24,26). The molecule has 4 rings (SSSR count). The third-order valence-corrected chi connectivity index (χ3v) is 9.95. The van der Waals surface area contributed by atoms with Crippen LogP contribution in [0.1, 0.15) is 12.0 Å². The third kappa shape index (κ3) is 3.59. The molecule has 1 saturated carbocycles. The number of carbonyl (C=O) groups excluding carboxylic acids is 1. The van der Waals surface area contributed by atoms with Crippen molar-refractivity contribution < 1.29 is 4.79 Å². The lowest BCUT2D eigenvalue weighted by atomic mass is 10.1. The van der Waals surface area contributed by atoms with E-state index >= 15 is 0 Å². The number of hydrogen-bond donors (Lipinski definition) is 2. The van der Waals surface area contributed by atoms with Gasteiger partial charge in [-0.3, -0.25) is 4.79 Å². The fourth-order valence-electron chi connectivity index (χ4n) is 4.05.